The predicted molar refractivity (Wildman–Crippen MR) is 85.2 cm³/mol. The molecule has 0 radical (unpaired) electrons. The molecule has 1 fully saturated rings. The molecule has 1 aromatic carbocycles. The van der Waals surface area contributed by atoms with E-state index in [0.29, 0.717) is 12.0 Å². The van der Waals surface area contributed by atoms with Crippen LogP contribution >= 0.6 is 0 Å². The van der Waals surface area contributed by atoms with Gasteiger partial charge in [0.1, 0.15) is 5.82 Å². The molecule has 3 heteroatoms. The van der Waals surface area contributed by atoms with E-state index in [2.05, 4.69) is 48.7 Å². The van der Waals surface area contributed by atoms with Crippen LogP contribution in [-0.4, -0.2) is 24.1 Å². The van der Waals surface area contributed by atoms with Gasteiger partial charge >= 0.3 is 0 Å². The summed E-state index contributed by atoms with van der Waals surface area (Å²) in [5, 5.41) is 8.32. The lowest BCUT2D eigenvalue weighted by Crippen LogP contribution is -2.39. The minimum Gasteiger partial charge on any atom is -0.367 e. The van der Waals surface area contributed by atoms with Crippen LogP contribution < -0.4 is 10.6 Å². The van der Waals surface area contributed by atoms with Crippen molar-refractivity contribution < 1.29 is 0 Å². The standard InChI is InChI=1S/C17H23N3/c1-12-10-14-6-3-4-8-16(14)20-17(12)19-13(2)15-7-5-9-18-11-15/h3-4,6,8,10,13,15,18H,5,7,9,11H2,1-2H3,(H,19,20). The molecule has 1 saturated heterocycles. The van der Waals surface area contributed by atoms with Gasteiger partial charge in [0.25, 0.3) is 0 Å². The van der Waals surface area contributed by atoms with Crippen LogP contribution in [0.4, 0.5) is 5.82 Å². The second kappa shape index (κ2) is 5.80. The summed E-state index contributed by atoms with van der Waals surface area (Å²) < 4.78 is 0. The van der Waals surface area contributed by atoms with Gasteiger partial charge in [0.05, 0.1) is 5.52 Å². The van der Waals surface area contributed by atoms with E-state index in [1.807, 2.05) is 6.07 Å². The third-order valence-corrected chi connectivity index (χ3v) is 4.32. The fourth-order valence-corrected chi connectivity index (χ4v) is 3.01. The van der Waals surface area contributed by atoms with Crippen molar-refractivity contribution in [3.05, 3.63) is 35.9 Å². The molecule has 2 atom stereocenters. The number of nitrogens with zero attached hydrogens (tertiary/aromatic N) is 1. The highest BCUT2D eigenvalue weighted by atomic mass is 15.0. The van der Waals surface area contributed by atoms with Gasteiger partial charge in [-0.25, -0.2) is 4.98 Å². The van der Waals surface area contributed by atoms with Crippen molar-refractivity contribution in [2.45, 2.75) is 32.7 Å². The zero-order valence-corrected chi connectivity index (χ0v) is 12.3. The van der Waals surface area contributed by atoms with Gasteiger partial charge in [-0.2, -0.15) is 0 Å². The number of pyridine rings is 1. The lowest BCUT2D eigenvalue weighted by atomic mass is 9.93. The van der Waals surface area contributed by atoms with E-state index >= 15 is 0 Å². The van der Waals surface area contributed by atoms with Crippen molar-refractivity contribution in [3.63, 3.8) is 0 Å². The van der Waals surface area contributed by atoms with Gasteiger partial charge in [0.15, 0.2) is 0 Å². The van der Waals surface area contributed by atoms with Gasteiger partial charge < -0.3 is 10.6 Å². The largest absolute Gasteiger partial charge is 0.367 e. The summed E-state index contributed by atoms with van der Waals surface area (Å²) in [5.41, 5.74) is 2.29. The first kappa shape index (κ1) is 13.4. The van der Waals surface area contributed by atoms with Gasteiger partial charge in [-0.3, -0.25) is 0 Å². The van der Waals surface area contributed by atoms with Gasteiger partial charge in [-0.05, 0) is 63.4 Å². The van der Waals surface area contributed by atoms with Crippen molar-refractivity contribution in [2.24, 2.45) is 5.92 Å². The molecule has 0 amide bonds. The Bertz CT molecular complexity index is 588. The number of para-hydroxylation sites is 1. The van der Waals surface area contributed by atoms with Crippen molar-refractivity contribution >= 4 is 16.7 Å². The van der Waals surface area contributed by atoms with E-state index in [0.717, 1.165) is 24.4 Å². The maximum absolute atomic E-state index is 4.78. The highest BCUT2D eigenvalue weighted by Gasteiger charge is 2.20. The summed E-state index contributed by atoms with van der Waals surface area (Å²) >= 11 is 0. The SMILES string of the molecule is Cc1cc2ccccc2nc1NC(C)C1CCCNC1. The average Bonchev–Trinajstić information content (AvgIpc) is 2.49. The number of aryl methyl sites for hydroxylation is 1. The molecule has 3 rings (SSSR count). The van der Waals surface area contributed by atoms with Gasteiger partial charge in [-0.1, -0.05) is 18.2 Å². The Labute approximate surface area is 120 Å². The maximum atomic E-state index is 4.78. The van der Waals surface area contributed by atoms with Crippen molar-refractivity contribution in [1.29, 1.82) is 0 Å². The zero-order valence-electron chi connectivity index (χ0n) is 12.3. The summed E-state index contributed by atoms with van der Waals surface area (Å²) in [5.74, 6) is 1.72. The van der Waals surface area contributed by atoms with Crippen LogP contribution in [0.2, 0.25) is 0 Å². The molecule has 0 aliphatic carbocycles. The number of hydrogen-bond donors (Lipinski definition) is 2. The summed E-state index contributed by atoms with van der Waals surface area (Å²) in [6.07, 6.45) is 2.58. The Balaban J connectivity index is 1.80. The second-order valence-corrected chi connectivity index (χ2v) is 5.89. The minimum atomic E-state index is 0.454. The summed E-state index contributed by atoms with van der Waals surface area (Å²) in [6, 6.07) is 11.0. The van der Waals surface area contributed by atoms with E-state index in [9.17, 15) is 0 Å². The average molecular weight is 269 g/mol. The van der Waals surface area contributed by atoms with Crippen molar-refractivity contribution in [1.82, 2.24) is 10.3 Å². The Morgan fingerprint density at radius 3 is 3.00 bits per heavy atom. The fourth-order valence-electron chi connectivity index (χ4n) is 3.01. The smallest absolute Gasteiger partial charge is 0.129 e. The quantitative estimate of drug-likeness (QED) is 0.897. The Hall–Kier alpha value is -1.61. The van der Waals surface area contributed by atoms with Crippen LogP contribution in [0.3, 0.4) is 0 Å². The topological polar surface area (TPSA) is 37.0 Å². The van der Waals surface area contributed by atoms with Crippen molar-refractivity contribution in [3.8, 4) is 0 Å². The van der Waals surface area contributed by atoms with Crippen LogP contribution in [-0.2, 0) is 0 Å². The van der Waals surface area contributed by atoms with Crippen LogP contribution in [0.15, 0.2) is 30.3 Å². The van der Waals surface area contributed by atoms with E-state index in [4.69, 9.17) is 4.98 Å². The summed E-state index contributed by atoms with van der Waals surface area (Å²) in [7, 11) is 0. The molecule has 0 bridgehead atoms. The van der Waals surface area contributed by atoms with Crippen LogP contribution in [0.5, 0.6) is 0 Å². The first-order chi connectivity index (χ1) is 9.74. The Morgan fingerprint density at radius 2 is 2.20 bits per heavy atom. The molecule has 1 aliphatic rings. The fraction of sp³-hybridized carbons (Fsp3) is 0.471. The molecule has 2 heterocycles. The number of benzene rings is 1. The van der Waals surface area contributed by atoms with Gasteiger partial charge in [0.2, 0.25) is 0 Å². The highest BCUT2D eigenvalue weighted by molar-refractivity contribution is 5.81. The molecular formula is C17H23N3. The van der Waals surface area contributed by atoms with Crippen LogP contribution in [0, 0.1) is 12.8 Å². The van der Waals surface area contributed by atoms with E-state index in [-0.39, 0.29) is 0 Å². The maximum Gasteiger partial charge on any atom is 0.129 e. The molecular weight excluding hydrogens is 246 g/mol. The van der Waals surface area contributed by atoms with Crippen LogP contribution in [0.25, 0.3) is 10.9 Å². The van der Waals surface area contributed by atoms with E-state index < -0.39 is 0 Å². The molecule has 106 valence electrons. The lowest BCUT2D eigenvalue weighted by molar-refractivity contribution is 0.346. The van der Waals surface area contributed by atoms with Crippen LogP contribution in [0.1, 0.15) is 25.3 Å². The number of piperidine rings is 1. The molecule has 2 unspecified atom stereocenters. The monoisotopic (exact) mass is 269 g/mol. The Morgan fingerprint density at radius 1 is 1.35 bits per heavy atom. The first-order valence-electron chi connectivity index (χ1n) is 7.57. The molecule has 1 aliphatic heterocycles. The number of nitrogens with one attached hydrogen (secondary N) is 2. The third kappa shape index (κ3) is 2.78. The molecule has 3 nitrogen and oxygen atoms in total. The minimum absolute atomic E-state index is 0.454. The molecule has 0 saturated carbocycles. The number of aromatic nitrogens is 1. The van der Waals surface area contributed by atoms with E-state index in [1.54, 1.807) is 0 Å². The molecule has 20 heavy (non-hydrogen) atoms. The lowest BCUT2D eigenvalue weighted by Gasteiger charge is -2.29. The Kier molecular flexibility index (Phi) is 3.88. The number of fused-ring (bicyclic) bond motifs is 1. The number of anilines is 1. The molecule has 2 aromatic rings. The molecule has 1 aromatic heterocycles. The summed E-state index contributed by atoms with van der Waals surface area (Å²) in [4.78, 5) is 4.78. The summed E-state index contributed by atoms with van der Waals surface area (Å²) in [6.45, 7) is 6.68. The zero-order chi connectivity index (χ0) is 13.9. The van der Waals surface area contributed by atoms with E-state index in [1.165, 1.54) is 23.8 Å². The number of hydrogen-bond acceptors (Lipinski definition) is 3. The predicted octanol–water partition coefficient (Wildman–Crippen LogP) is 3.34. The van der Waals surface area contributed by atoms with Gasteiger partial charge in [-0.15, -0.1) is 0 Å². The van der Waals surface area contributed by atoms with Gasteiger partial charge in [0, 0.05) is 11.4 Å². The molecule has 2 N–H and O–H groups in total. The third-order valence-electron chi connectivity index (χ3n) is 4.32. The first-order valence-corrected chi connectivity index (χ1v) is 7.57. The van der Waals surface area contributed by atoms with Crippen molar-refractivity contribution in [2.75, 3.05) is 18.4 Å². The number of rotatable bonds is 3. The molecule has 0 spiro atoms. The second-order valence-electron chi connectivity index (χ2n) is 5.89. The normalized spacial score (nSPS) is 20.8. The highest BCUT2D eigenvalue weighted by Crippen LogP contribution is 2.23.